The molecule has 3 aromatic rings. The molecule has 2 aliphatic heterocycles. The fourth-order valence-electron chi connectivity index (χ4n) is 5.13. The average Bonchev–Trinajstić information content (AvgIpc) is 2.87. The normalized spacial score (nSPS) is 17.0. The average molecular weight is 509 g/mol. The van der Waals surface area contributed by atoms with E-state index in [0.717, 1.165) is 37.2 Å². The van der Waals surface area contributed by atoms with Gasteiger partial charge in [0, 0.05) is 53.3 Å². The van der Waals surface area contributed by atoms with E-state index in [-0.39, 0.29) is 22.8 Å². The summed E-state index contributed by atoms with van der Waals surface area (Å²) in [6.45, 7) is 5.93. The molecular formula is C28H31F3N6. The Bertz CT molecular complexity index is 1350. The van der Waals surface area contributed by atoms with Crippen LogP contribution >= 0.6 is 0 Å². The number of rotatable bonds is 5. The highest BCUT2D eigenvalue weighted by atomic mass is 19.3. The van der Waals surface area contributed by atoms with Crippen molar-refractivity contribution < 1.29 is 13.2 Å². The Kier molecular flexibility index (Phi) is 6.58. The molecule has 0 radical (unpaired) electrons. The van der Waals surface area contributed by atoms with E-state index >= 15 is 4.39 Å². The molecule has 0 bridgehead atoms. The molecule has 2 aliphatic rings. The molecule has 0 aliphatic carbocycles. The summed E-state index contributed by atoms with van der Waals surface area (Å²) in [7, 11) is 3.98. The van der Waals surface area contributed by atoms with Crippen LogP contribution in [0.4, 0.5) is 24.7 Å². The maximum absolute atomic E-state index is 15.1. The SMILES string of the molecule is C=C1NCC(F)(F)c2cc(-c3nc(-c4ccc(N5CCCCC5)c(CN(C)C)c4)c(F)nc3N)ccc21. The zero-order valence-electron chi connectivity index (χ0n) is 21.1. The van der Waals surface area contributed by atoms with Crippen LogP contribution in [-0.4, -0.2) is 48.6 Å². The molecule has 1 aromatic heterocycles. The topological polar surface area (TPSA) is 70.3 Å². The van der Waals surface area contributed by atoms with Gasteiger partial charge in [0.15, 0.2) is 5.82 Å². The fourth-order valence-corrected chi connectivity index (χ4v) is 5.13. The van der Waals surface area contributed by atoms with E-state index in [0.29, 0.717) is 28.9 Å². The number of hydrogen-bond acceptors (Lipinski definition) is 6. The molecule has 0 amide bonds. The zero-order chi connectivity index (χ0) is 26.3. The first-order valence-electron chi connectivity index (χ1n) is 12.5. The van der Waals surface area contributed by atoms with Crippen LogP contribution in [-0.2, 0) is 12.5 Å². The molecule has 9 heteroatoms. The highest BCUT2D eigenvalue weighted by molar-refractivity contribution is 5.78. The predicted octanol–water partition coefficient (Wildman–Crippen LogP) is 5.25. The summed E-state index contributed by atoms with van der Waals surface area (Å²) in [5, 5.41) is 2.63. The van der Waals surface area contributed by atoms with Gasteiger partial charge in [0.2, 0.25) is 5.95 Å². The first-order chi connectivity index (χ1) is 17.6. The minimum absolute atomic E-state index is 0.0324. The molecule has 1 saturated heterocycles. The number of nitrogens with zero attached hydrogens (tertiary/aromatic N) is 4. The molecule has 0 saturated carbocycles. The van der Waals surface area contributed by atoms with Gasteiger partial charge in [-0.25, -0.2) is 4.98 Å². The van der Waals surface area contributed by atoms with E-state index in [9.17, 15) is 8.78 Å². The Morgan fingerprint density at radius 3 is 2.46 bits per heavy atom. The Morgan fingerprint density at radius 2 is 1.73 bits per heavy atom. The maximum atomic E-state index is 15.1. The van der Waals surface area contributed by atoms with Gasteiger partial charge in [0.25, 0.3) is 5.92 Å². The van der Waals surface area contributed by atoms with E-state index in [1.54, 1.807) is 12.1 Å². The molecular weight excluding hydrogens is 477 g/mol. The number of nitrogen functional groups attached to an aromatic ring is 1. The van der Waals surface area contributed by atoms with Crippen molar-refractivity contribution in [3.8, 4) is 22.5 Å². The number of benzene rings is 2. The summed E-state index contributed by atoms with van der Waals surface area (Å²) in [6, 6.07) is 10.3. The smallest absolute Gasteiger partial charge is 0.290 e. The molecule has 2 aromatic carbocycles. The van der Waals surface area contributed by atoms with Crippen molar-refractivity contribution >= 4 is 17.2 Å². The van der Waals surface area contributed by atoms with Gasteiger partial charge in [-0.3, -0.25) is 0 Å². The lowest BCUT2D eigenvalue weighted by molar-refractivity contribution is -0.00276. The molecule has 1 fully saturated rings. The minimum Gasteiger partial charge on any atom is -0.382 e. The van der Waals surface area contributed by atoms with Crippen molar-refractivity contribution in [3.05, 3.63) is 65.6 Å². The molecule has 3 heterocycles. The van der Waals surface area contributed by atoms with Crippen molar-refractivity contribution in [3.63, 3.8) is 0 Å². The Hall–Kier alpha value is -3.59. The number of hydrogen-bond donors (Lipinski definition) is 2. The van der Waals surface area contributed by atoms with Gasteiger partial charge in [-0.15, -0.1) is 0 Å². The van der Waals surface area contributed by atoms with Crippen LogP contribution in [0.2, 0.25) is 0 Å². The van der Waals surface area contributed by atoms with Crippen LogP contribution in [0.15, 0.2) is 43.0 Å². The molecule has 194 valence electrons. The van der Waals surface area contributed by atoms with Crippen LogP contribution in [0.1, 0.15) is 36.0 Å². The quantitative estimate of drug-likeness (QED) is 0.491. The van der Waals surface area contributed by atoms with E-state index in [4.69, 9.17) is 5.73 Å². The lowest BCUT2D eigenvalue weighted by Gasteiger charge is -2.31. The summed E-state index contributed by atoms with van der Waals surface area (Å²) >= 11 is 0. The largest absolute Gasteiger partial charge is 0.382 e. The minimum atomic E-state index is -3.09. The first-order valence-corrected chi connectivity index (χ1v) is 12.5. The van der Waals surface area contributed by atoms with Crippen LogP contribution in [0.3, 0.4) is 0 Å². The molecule has 3 N–H and O–H groups in total. The van der Waals surface area contributed by atoms with Crippen LogP contribution in [0.5, 0.6) is 0 Å². The highest BCUT2D eigenvalue weighted by Gasteiger charge is 2.38. The standard InChI is InChI=1S/C28H31F3N6/c1-17-21-9-7-19(14-22(21)28(30,31)16-33-17)25-27(32)35-26(29)24(34-25)18-8-10-23(20(13-18)15-36(2)3)37-11-5-4-6-12-37/h7-10,13-14,33H,1,4-6,11-12,15-16H2,2-3H3,(H2,32,35). The molecule has 37 heavy (non-hydrogen) atoms. The molecule has 0 atom stereocenters. The predicted molar refractivity (Wildman–Crippen MR) is 142 cm³/mol. The zero-order valence-corrected chi connectivity index (χ0v) is 21.1. The van der Waals surface area contributed by atoms with E-state index in [2.05, 4.69) is 31.7 Å². The Labute approximate surface area is 215 Å². The van der Waals surface area contributed by atoms with Crippen LogP contribution in [0, 0.1) is 5.95 Å². The van der Waals surface area contributed by atoms with Crippen molar-refractivity contribution in [1.82, 2.24) is 20.2 Å². The van der Waals surface area contributed by atoms with Crippen molar-refractivity contribution in [2.45, 2.75) is 31.7 Å². The second-order valence-corrected chi connectivity index (χ2v) is 10.0. The van der Waals surface area contributed by atoms with Crippen molar-refractivity contribution in [2.24, 2.45) is 0 Å². The summed E-state index contributed by atoms with van der Waals surface area (Å²) in [5.41, 5.74) is 9.92. The number of fused-ring (bicyclic) bond motifs is 1. The second-order valence-electron chi connectivity index (χ2n) is 10.0. The number of alkyl halides is 2. The van der Waals surface area contributed by atoms with Crippen molar-refractivity contribution in [2.75, 3.05) is 44.4 Å². The molecule has 6 nitrogen and oxygen atoms in total. The lowest BCUT2D eigenvalue weighted by atomic mass is 9.92. The highest BCUT2D eigenvalue weighted by Crippen LogP contribution is 2.40. The van der Waals surface area contributed by atoms with Gasteiger partial charge in [0.1, 0.15) is 11.4 Å². The van der Waals surface area contributed by atoms with E-state index < -0.39 is 18.4 Å². The van der Waals surface area contributed by atoms with Crippen LogP contribution in [0.25, 0.3) is 28.2 Å². The van der Waals surface area contributed by atoms with Gasteiger partial charge in [-0.05, 0) is 57.1 Å². The van der Waals surface area contributed by atoms with Gasteiger partial charge >= 0.3 is 0 Å². The maximum Gasteiger partial charge on any atom is 0.290 e. The second kappa shape index (κ2) is 9.70. The monoisotopic (exact) mass is 508 g/mol. The molecule has 5 rings (SSSR count). The van der Waals surface area contributed by atoms with E-state index in [1.165, 1.54) is 12.5 Å². The third-order valence-electron chi connectivity index (χ3n) is 6.95. The number of nitrogens with one attached hydrogen (secondary N) is 1. The Morgan fingerprint density at radius 1 is 1.03 bits per heavy atom. The summed E-state index contributed by atoms with van der Waals surface area (Å²) in [6.07, 6.45) is 3.52. The van der Waals surface area contributed by atoms with Gasteiger partial charge in [-0.1, -0.05) is 24.8 Å². The summed E-state index contributed by atoms with van der Waals surface area (Å²) in [5.74, 6) is -4.05. The third-order valence-corrected chi connectivity index (χ3v) is 6.95. The number of nitrogens with two attached hydrogens (primary N) is 1. The number of aromatic nitrogens is 2. The van der Waals surface area contributed by atoms with Gasteiger partial charge in [0.05, 0.1) is 6.54 Å². The fraction of sp³-hybridized carbons (Fsp3) is 0.357. The van der Waals surface area contributed by atoms with Gasteiger partial charge in [-0.2, -0.15) is 18.2 Å². The van der Waals surface area contributed by atoms with Crippen molar-refractivity contribution in [1.29, 1.82) is 0 Å². The molecule has 0 spiro atoms. The van der Waals surface area contributed by atoms with Crippen LogP contribution < -0.4 is 16.0 Å². The molecule has 0 unspecified atom stereocenters. The first kappa shape index (κ1) is 25.1. The summed E-state index contributed by atoms with van der Waals surface area (Å²) in [4.78, 5) is 12.9. The number of piperidine rings is 1. The number of halogens is 3. The van der Waals surface area contributed by atoms with Gasteiger partial charge < -0.3 is 20.9 Å². The Balaban J connectivity index is 1.59. The lowest BCUT2D eigenvalue weighted by Crippen LogP contribution is -2.35. The number of anilines is 2. The van der Waals surface area contributed by atoms with E-state index in [1.807, 2.05) is 32.3 Å². The summed E-state index contributed by atoms with van der Waals surface area (Å²) < 4.78 is 44.5. The third kappa shape index (κ3) is 4.87.